The summed E-state index contributed by atoms with van der Waals surface area (Å²) in [6.45, 7) is 0.363. The molecule has 0 aliphatic carbocycles. The van der Waals surface area contributed by atoms with Gasteiger partial charge >= 0.3 is 0 Å². The molecule has 4 rings (SSSR count). The Kier molecular flexibility index (Phi) is 5.92. The van der Waals surface area contributed by atoms with E-state index in [1.54, 1.807) is 25.3 Å². The number of nitrogens with zero attached hydrogens (tertiary/aromatic N) is 3. The molecule has 1 atom stereocenters. The molecule has 0 radical (unpaired) electrons. The molecular formula is C22H20ClN5O2. The van der Waals surface area contributed by atoms with Crippen molar-refractivity contribution in [1.29, 1.82) is 0 Å². The first-order chi connectivity index (χ1) is 14.7. The fourth-order valence-electron chi connectivity index (χ4n) is 3.17. The fraction of sp³-hybridized carbons (Fsp3) is 0.136. The zero-order valence-corrected chi connectivity index (χ0v) is 17.0. The van der Waals surface area contributed by atoms with E-state index in [4.69, 9.17) is 16.3 Å². The van der Waals surface area contributed by atoms with Gasteiger partial charge in [-0.3, -0.25) is 14.5 Å². The maximum absolute atomic E-state index is 13.1. The van der Waals surface area contributed by atoms with Crippen molar-refractivity contribution in [2.24, 2.45) is 0 Å². The molecular weight excluding hydrogens is 402 g/mol. The second-order valence-corrected chi connectivity index (χ2v) is 7.02. The maximum atomic E-state index is 13.1. The molecule has 2 aromatic carbocycles. The average Bonchev–Trinajstić information content (AvgIpc) is 3.18. The summed E-state index contributed by atoms with van der Waals surface area (Å²) in [5.41, 5.74) is 2.17. The summed E-state index contributed by atoms with van der Waals surface area (Å²) in [4.78, 5) is 13.1. The molecule has 0 aliphatic rings. The van der Waals surface area contributed by atoms with Crippen LogP contribution in [0.5, 0.6) is 5.75 Å². The van der Waals surface area contributed by atoms with E-state index in [2.05, 4.69) is 20.8 Å². The van der Waals surface area contributed by atoms with Crippen molar-refractivity contribution in [3.8, 4) is 5.75 Å². The minimum absolute atomic E-state index is 0.212. The van der Waals surface area contributed by atoms with Crippen molar-refractivity contribution >= 4 is 28.8 Å². The predicted octanol–water partition coefficient (Wildman–Crippen LogP) is 3.86. The van der Waals surface area contributed by atoms with Gasteiger partial charge in [0.2, 0.25) is 5.91 Å². The Bertz CT molecular complexity index is 1160. The van der Waals surface area contributed by atoms with E-state index >= 15 is 0 Å². The molecule has 0 bridgehead atoms. The van der Waals surface area contributed by atoms with E-state index in [0.29, 0.717) is 28.8 Å². The van der Waals surface area contributed by atoms with Gasteiger partial charge in [-0.2, -0.15) is 0 Å². The van der Waals surface area contributed by atoms with Gasteiger partial charge in [0.25, 0.3) is 0 Å². The lowest BCUT2D eigenvalue weighted by atomic mass is 10.1. The zero-order valence-electron chi connectivity index (χ0n) is 16.2. The first-order valence-corrected chi connectivity index (χ1v) is 9.75. The van der Waals surface area contributed by atoms with E-state index < -0.39 is 6.04 Å². The molecule has 7 nitrogen and oxygen atoms in total. The van der Waals surface area contributed by atoms with Crippen LogP contribution in [0.1, 0.15) is 17.4 Å². The van der Waals surface area contributed by atoms with E-state index in [0.717, 1.165) is 11.2 Å². The summed E-state index contributed by atoms with van der Waals surface area (Å²) in [6, 6.07) is 19.7. The van der Waals surface area contributed by atoms with Crippen LogP contribution in [0.3, 0.4) is 0 Å². The number of amides is 1. The standard InChI is InChI=1S/C22H20ClN5O2/c1-30-18-11-10-16(13-17(18)23)25-22(29)21(15-7-3-2-4-8-15)24-14-20-27-26-19-9-5-6-12-28(19)20/h2-13,21,24H,14H2,1H3,(H,25,29). The highest BCUT2D eigenvalue weighted by Gasteiger charge is 2.21. The molecule has 1 amide bonds. The molecule has 2 aromatic heterocycles. The monoisotopic (exact) mass is 421 g/mol. The van der Waals surface area contributed by atoms with Crippen molar-refractivity contribution in [2.45, 2.75) is 12.6 Å². The van der Waals surface area contributed by atoms with E-state index in [-0.39, 0.29) is 5.91 Å². The highest BCUT2D eigenvalue weighted by atomic mass is 35.5. The number of pyridine rings is 1. The first-order valence-electron chi connectivity index (χ1n) is 9.37. The minimum atomic E-state index is -0.594. The molecule has 1 unspecified atom stereocenters. The quantitative estimate of drug-likeness (QED) is 0.473. The molecule has 0 spiro atoms. The van der Waals surface area contributed by atoms with Crippen LogP contribution in [0.2, 0.25) is 5.02 Å². The summed E-state index contributed by atoms with van der Waals surface area (Å²) in [6.07, 6.45) is 1.89. The van der Waals surface area contributed by atoms with Crippen LogP contribution in [-0.4, -0.2) is 27.6 Å². The molecule has 0 saturated carbocycles. The third-order valence-electron chi connectivity index (χ3n) is 4.66. The van der Waals surface area contributed by atoms with Crippen LogP contribution >= 0.6 is 11.6 Å². The lowest BCUT2D eigenvalue weighted by Gasteiger charge is -2.19. The zero-order chi connectivity index (χ0) is 20.9. The summed E-state index contributed by atoms with van der Waals surface area (Å²) >= 11 is 6.18. The summed E-state index contributed by atoms with van der Waals surface area (Å²) in [5, 5.41) is 15.0. The Morgan fingerprint density at radius 3 is 2.67 bits per heavy atom. The van der Waals surface area contributed by atoms with Gasteiger partial charge in [0.1, 0.15) is 11.8 Å². The minimum Gasteiger partial charge on any atom is -0.495 e. The van der Waals surface area contributed by atoms with E-state index in [1.165, 1.54) is 0 Å². The summed E-state index contributed by atoms with van der Waals surface area (Å²) in [5.74, 6) is 1.05. The number of hydrogen-bond acceptors (Lipinski definition) is 5. The number of fused-ring (bicyclic) bond motifs is 1. The molecule has 8 heteroatoms. The van der Waals surface area contributed by atoms with Gasteiger partial charge < -0.3 is 10.1 Å². The number of rotatable bonds is 7. The highest BCUT2D eigenvalue weighted by Crippen LogP contribution is 2.28. The Labute approximate surface area is 178 Å². The van der Waals surface area contributed by atoms with Crippen LogP contribution in [-0.2, 0) is 11.3 Å². The topological polar surface area (TPSA) is 80.5 Å². The van der Waals surface area contributed by atoms with Gasteiger partial charge in [-0.25, -0.2) is 0 Å². The van der Waals surface area contributed by atoms with Gasteiger partial charge in [-0.1, -0.05) is 48.0 Å². The van der Waals surface area contributed by atoms with Crippen LogP contribution < -0.4 is 15.4 Å². The molecule has 30 heavy (non-hydrogen) atoms. The average molecular weight is 422 g/mol. The van der Waals surface area contributed by atoms with Crippen LogP contribution in [0, 0.1) is 0 Å². The first kappa shape index (κ1) is 19.9. The van der Waals surface area contributed by atoms with Crippen molar-refractivity contribution in [3.05, 3.63) is 89.3 Å². The van der Waals surface area contributed by atoms with Gasteiger partial charge in [0.15, 0.2) is 11.5 Å². The molecule has 2 heterocycles. The fourth-order valence-corrected chi connectivity index (χ4v) is 3.43. The van der Waals surface area contributed by atoms with Gasteiger partial charge in [0.05, 0.1) is 18.7 Å². The second-order valence-electron chi connectivity index (χ2n) is 6.61. The number of carbonyl (C=O) groups excluding carboxylic acids is 1. The lowest BCUT2D eigenvalue weighted by Crippen LogP contribution is -2.33. The number of carbonyl (C=O) groups is 1. The summed E-state index contributed by atoms with van der Waals surface area (Å²) < 4.78 is 7.05. The van der Waals surface area contributed by atoms with Crippen molar-refractivity contribution < 1.29 is 9.53 Å². The molecule has 0 fully saturated rings. The van der Waals surface area contributed by atoms with Crippen LogP contribution in [0.15, 0.2) is 72.9 Å². The molecule has 2 N–H and O–H groups in total. The Hall–Kier alpha value is -3.42. The number of nitrogens with one attached hydrogen (secondary N) is 2. The van der Waals surface area contributed by atoms with Gasteiger partial charge in [-0.05, 0) is 35.9 Å². The molecule has 152 valence electrons. The second kappa shape index (κ2) is 8.94. The Morgan fingerprint density at radius 2 is 1.90 bits per heavy atom. The third-order valence-corrected chi connectivity index (χ3v) is 4.96. The normalized spacial score (nSPS) is 11.9. The van der Waals surface area contributed by atoms with Crippen molar-refractivity contribution in [1.82, 2.24) is 19.9 Å². The Balaban J connectivity index is 1.55. The number of anilines is 1. The van der Waals surface area contributed by atoms with Crippen LogP contribution in [0.4, 0.5) is 5.69 Å². The number of methoxy groups -OCH3 is 1. The largest absolute Gasteiger partial charge is 0.495 e. The number of hydrogen-bond donors (Lipinski definition) is 2. The van der Waals surface area contributed by atoms with Crippen LogP contribution in [0.25, 0.3) is 5.65 Å². The van der Waals surface area contributed by atoms with E-state index in [9.17, 15) is 4.79 Å². The van der Waals surface area contributed by atoms with Gasteiger partial charge in [-0.15, -0.1) is 10.2 Å². The number of halogens is 1. The van der Waals surface area contributed by atoms with Crippen molar-refractivity contribution in [3.63, 3.8) is 0 Å². The summed E-state index contributed by atoms with van der Waals surface area (Å²) in [7, 11) is 1.54. The number of benzene rings is 2. The lowest BCUT2D eigenvalue weighted by molar-refractivity contribution is -0.118. The number of ether oxygens (including phenoxy) is 1. The Morgan fingerprint density at radius 1 is 1.10 bits per heavy atom. The molecule has 4 aromatic rings. The molecule has 0 aliphatic heterocycles. The highest BCUT2D eigenvalue weighted by molar-refractivity contribution is 6.32. The molecule has 0 saturated heterocycles. The van der Waals surface area contributed by atoms with E-state index in [1.807, 2.05) is 59.1 Å². The predicted molar refractivity (Wildman–Crippen MR) is 116 cm³/mol. The smallest absolute Gasteiger partial charge is 0.246 e. The third kappa shape index (κ3) is 4.27. The maximum Gasteiger partial charge on any atom is 0.246 e. The number of aromatic nitrogens is 3. The van der Waals surface area contributed by atoms with Gasteiger partial charge in [0, 0.05) is 11.9 Å². The van der Waals surface area contributed by atoms with Crippen molar-refractivity contribution in [2.75, 3.05) is 12.4 Å². The SMILES string of the molecule is COc1ccc(NC(=O)C(NCc2nnc3ccccn23)c2ccccc2)cc1Cl.